The van der Waals surface area contributed by atoms with Crippen molar-refractivity contribution in [2.24, 2.45) is 11.8 Å². The number of amides is 2. The van der Waals surface area contributed by atoms with E-state index in [-0.39, 0.29) is 30.3 Å². The van der Waals surface area contributed by atoms with Gasteiger partial charge in [0.2, 0.25) is 5.91 Å². The maximum atomic E-state index is 11.7. The Hall–Kier alpha value is -1.14. The molecule has 0 aromatic rings. The van der Waals surface area contributed by atoms with Crippen LogP contribution in [-0.2, 0) is 9.59 Å². The molecule has 1 unspecified atom stereocenters. The van der Waals surface area contributed by atoms with Crippen LogP contribution >= 0.6 is 0 Å². The predicted molar refractivity (Wildman–Crippen MR) is 66.9 cm³/mol. The number of likely N-dealkylation sites (N-methyl/N-ethyl adjacent to an activating group) is 2. The minimum Gasteiger partial charge on any atom is -0.355 e. The Labute approximate surface area is 103 Å². The first-order chi connectivity index (χ1) is 7.97. The maximum absolute atomic E-state index is 11.7. The minimum atomic E-state index is -0.382. The number of nitrogens with two attached hydrogens (primary N) is 1. The lowest BCUT2D eigenvalue weighted by atomic mass is 10.0. The van der Waals surface area contributed by atoms with E-state index in [4.69, 9.17) is 5.84 Å². The molecule has 0 heterocycles. The largest absolute Gasteiger partial charge is 0.355 e. The van der Waals surface area contributed by atoms with Gasteiger partial charge in [0, 0.05) is 6.54 Å². The van der Waals surface area contributed by atoms with Crippen molar-refractivity contribution in [1.29, 1.82) is 0 Å². The van der Waals surface area contributed by atoms with Crippen LogP contribution in [0.3, 0.4) is 0 Å². The van der Waals surface area contributed by atoms with Crippen molar-refractivity contribution >= 4 is 11.8 Å². The van der Waals surface area contributed by atoms with Gasteiger partial charge in [0.25, 0.3) is 5.91 Å². The molecule has 0 aliphatic carbocycles. The van der Waals surface area contributed by atoms with Crippen molar-refractivity contribution in [2.75, 3.05) is 19.6 Å². The van der Waals surface area contributed by atoms with Gasteiger partial charge >= 0.3 is 0 Å². The Morgan fingerprint density at radius 1 is 1.29 bits per heavy atom. The van der Waals surface area contributed by atoms with E-state index in [1.807, 2.05) is 32.6 Å². The Kier molecular flexibility index (Phi) is 7.49. The van der Waals surface area contributed by atoms with Gasteiger partial charge in [-0.25, -0.2) is 5.84 Å². The standard InChI is InChI=1S/C11H24N4O2/c1-5-13-9(16)7-15(6-2)10(8(3)4)11(17)14-12/h8,10H,5-7,12H2,1-4H3,(H,13,16)(H,14,17). The highest BCUT2D eigenvalue weighted by atomic mass is 16.2. The molecule has 1 atom stereocenters. The molecule has 2 amide bonds. The molecule has 0 saturated carbocycles. The summed E-state index contributed by atoms with van der Waals surface area (Å²) in [4.78, 5) is 25.0. The van der Waals surface area contributed by atoms with Crippen LogP contribution in [0.25, 0.3) is 0 Å². The fourth-order valence-electron chi connectivity index (χ4n) is 1.82. The van der Waals surface area contributed by atoms with Crippen LogP contribution in [0.5, 0.6) is 0 Å². The highest BCUT2D eigenvalue weighted by Crippen LogP contribution is 2.10. The number of carbonyl (C=O) groups excluding carboxylic acids is 2. The summed E-state index contributed by atoms with van der Waals surface area (Å²) < 4.78 is 0. The first-order valence-corrected chi connectivity index (χ1v) is 5.99. The highest BCUT2D eigenvalue weighted by molar-refractivity contribution is 5.83. The van der Waals surface area contributed by atoms with Crippen molar-refractivity contribution in [1.82, 2.24) is 15.6 Å². The Balaban J connectivity index is 4.67. The van der Waals surface area contributed by atoms with Crippen molar-refractivity contribution in [3.63, 3.8) is 0 Å². The second-order valence-electron chi connectivity index (χ2n) is 4.21. The molecule has 6 nitrogen and oxygen atoms in total. The number of carbonyl (C=O) groups is 2. The van der Waals surface area contributed by atoms with Crippen molar-refractivity contribution in [2.45, 2.75) is 33.7 Å². The number of nitrogens with zero attached hydrogens (tertiary/aromatic N) is 1. The number of hydrogen-bond donors (Lipinski definition) is 3. The molecular formula is C11H24N4O2. The molecule has 0 spiro atoms. The number of hydrazine groups is 1. The van der Waals surface area contributed by atoms with Crippen molar-refractivity contribution < 1.29 is 9.59 Å². The lowest BCUT2D eigenvalue weighted by Gasteiger charge is -2.31. The summed E-state index contributed by atoms with van der Waals surface area (Å²) >= 11 is 0. The zero-order chi connectivity index (χ0) is 13.4. The molecule has 4 N–H and O–H groups in total. The molecule has 0 rings (SSSR count). The zero-order valence-electron chi connectivity index (χ0n) is 11.1. The summed E-state index contributed by atoms with van der Waals surface area (Å²) in [5.41, 5.74) is 2.15. The van der Waals surface area contributed by atoms with Crippen molar-refractivity contribution in [3.8, 4) is 0 Å². The Morgan fingerprint density at radius 3 is 2.24 bits per heavy atom. The first-order valence-electron chi connectivity index (χ1n) is 5.99. The maximum Gasteiger partial charge on any atom is 0.251 e. The second kappa shape index (κ2) is 8.03. The number of rotatable bonds is 7. The van der Waals surface area contributed by atoms with E-state index >= 15 is 0 Å². The third kappa shape index (κ3) is 5.14. The van der Waals surface area contributed by atoms with Gasteiger partial charge in [-0.05, 0) is 19.4 Å². The molecule has 0 saturated heterocycles. The SMILES string of the molecule is CCNC(=O)CN(CC)C(C(=O)NN)C(C)C. The monoisotopic (exact) mass is 244 g/mol. The van der Waals surface area contributed by atoms with Crippen molar-refractivity contribution in [3.05, 3.63) is 0 Å². The van der Waals surface area contributed by atoms with E-state index in [2.05, 4.69) is 10.7 Å². The normalized spacial score (nSPS) is 12.6. The van der Waals surface area contributed by atoms with Gasteiger partial charge in [-0.3, -0.25) is 19.9 Å². The summed E-state index contributed by atoms with van der Waals surface area (Å²) in [7, 11) is 0. The fraction of sp³-hybridized carbons (Fsp3) is 0.818. The average molecular weight is 244 g/mol. The van der Waals surface area contributed by atoms with Gasteiger partial charge in [0.1, 0.15) is 0 Å². The van der Waals surface area contributed by atoms with Crippen LogP contribution < -0.4 is 16.6 Å². The quantitative estimate of drug-likeness (QED) is 0.319. The molecule has 0 aliphatic rings. The third-order valence-electron chi connectivity index (χ3n) is 2.56. The van der Waals surface area contributed by atoms with Gasteiger partial charge in [-0.15, -0.1) is 0 Å². The molecule has 0 bridgehead atoms. The number of hydrogen-bond acceptors (Lipinski definition) is 4. The van der Waals surface area contributed by atoms with Crippen LogP contribution in [0.4, 0.5) is 0 Å². The van der Waals surface area contributed by atoms with Gasteiger partial charge in [0.15, 0.2) is 0 Å². The summed E-state index contributed by atoms with van der Waals surface area (Å²) in [5, 5.41) is 2.72. The summed E-state index contributed by atoms with van der Waals surface area (Å²) in [6, 6.07) is -0.382. The fourth-order valence-corrected chi connectivity index (χ4v) is 1.82. The van der Waals surface area contributed by atoms with Crippen LogP contribution in [0.15, 0.2) is 0 Å². The number of nitrogens with one attached hydrogen (secondary N) is 2. The van der Waals surface area contributed by atoms with Gasteiger partial charge < -0.3 is 5.32 Å². The smallest absolute Gasteiger partial charge is 0.251 e. The minimum absolute atomic E-state index is 0.0789. The van der Waals surface area contributed by atoms with E-state index in [0.29, 0.717) is 13.1 Å². The van der Waals surface area contributed by atoms with Gasteiger partial charge in [-0.1, -0.05) is 20.8 Å². The van der Waals surface area contributed by atoms with Crippen LogP contribution in [0.1, 0.15) is 27.7 Å². The highest BCUT2D eigenvalue weighted by Gasteiger charge is 2.28. The molecule has 100 valence electrons. The lowest BCUT2D eigenvalue weighted by molar-refractivity contribution is -0.130. The summed E-state index contributed by atoms with van der Waals surface area (Å²) in [6.07, 6.45) is 0. The second-order valence-corrected chi connectivity index (χ2v) is 4.21. The molecule has 0 aromatic heterocycles. The Morgan fingerprint density at radius 2 is 1.88 bits per heavy atom. The van der Waals surface area contributed by atoms with E-state index < -0.39 is 0 Å². The van der Waals surface area contributed by atoms with E-state index in [1.165, 1.54) is 0 Å². The third-order valence-corrected chi connectivity index (χ3v) is 2.56. The summed E-state index contributed by atoms with van der Waals surface area (Å²) in [5.74, 6) is 4.92. The summed E-state index contributed by atoms with van der Waals surface area (Å²) in [6.45, 7) is 9.06. The van der Waals surface area contributed by atoms with E-state index in [1.54, 1.807) is 0 Å². The molecule has 6 heteroatoms. The molecule has 0 aromatic carbocycles. The van der Waals surface area contributed by atoms with Crippen LogP contribution in [-0.4, -0.2) is 42.4 Å². The van der Waals surface area contributed by atoms with E-state index in [9.17, 15) is 9.59 Å². The average Bonchev–Trinajstić information content (AvgIpc) is 2.27. The molecule has 0 fully saturated rings. The van der Waals surface area contributed by atoms with Crippen LogP contribution in [0.2, 0.25) is 0 Å². The van der Waals surface area contributed by atoms with E-state index in [0.717, 1.165) is 0 Å². The molecule has 0 aliphatic heterocycles. The topological polar surface area (TPSA) is 87.5 Å². The molecule has 0 radical (unpaired) electrons. The Bertz CT molecular complexity index is 256. The predicted octanol–water partition coefficient (Wildman–Crippen LogP) is -0.541. The first kappa shape index (κ1) is 15.9. The van der Waals surface area contributed by atoms with Gasteiger partial charge in [-0.2, -0.15) is 0 Å². The zero-order valence-corrected chi connectivity index (χ0v) is 11.1. The van der Waals surface area contributed by atoms with Gasteiger partial charge in [0.05, 0.1) is 12.6 Å². The lowest BCUT2D eigenvalue weighted by Crippen LogP contribution is -2.54. The molecular weight excluding hydrogens is 220 g/mol. The molecule has 17 heavy (non-hydrogen) atoms. The van der Waals surface area contributed by atoms with Crippen LogP contribution in [0, 0.1) is 5.92 Å².